The van der Waals surface area contributed by atoms with Gasteiger partial charge in [-0.3, -0.25) is 4.31 Å². The maximum Gasteiger partial charge on any atom is 0.304 e. The van der Waals surface area contributed by atoms with Crippen molar-refractivity contribution in [3.8, 4) is 0 Å². The summed E-state index contributed by atoms with van der Waals surface area (Å²) in [4.78, 5) is 0. The average Bonchev–Trinajstić information content (AvgIpc) is 2.69. The number of para-hydroxylation sites is 2. The molecule has 1 N–H and O–H groups in total. The Kier molecular flexibility index (Phi) is 5.47. The molecule has 0 unspecified atom stereocenters. The van der Waals surface area contributed by atoms with E-state index in [9.17, 15) is 8.42 Å². The molecule has 1 heterocycles. The summed E-state index contributed by atoms with van der Waals surface area (Å²) >= 11 is 0. The fourth-order valence-corrected chi connectivity index (χ4v) is 4.50. The fraction of sp³-hybridized carbons (Fsp3) is 0.600. The van der Waals surface area contributed by atoms with Gasteiger partial charge in [0.1, 0.15) is 0 Å². The summed E-state index contributed by atoms with van der Waals surface area (Å²) in [7, 11) is -3.46. The van der Waals surface area contributed by atoms with Gasteiger partial charge in [0.25, 0.3) is 0 Å². The molecule has 1 aliphatic rings. The van der Waals surface area contributed by atoms with Crippen molar-refractivity contribution in [2.75, 3.05) is 35.8 Å². The first-order chi connectivity index (χ1) is 10.1. The molecule has 0 bridgehead atoms. The van der Waals surface area contributed by atoms with Crippen LogP contribution in [0.3, 0.4) is 0 Å². The molecule has 21 heavy (non-hydrogen) atoms. The molecule has 1 aromatic carbocycles. The van der Waals surface area contributed by atoms with Gasteiger partial charge >= 0.3 is 10.2 Å². The summed E-state index contributed by atoms with van der Waals surface area (Å²) in [6.45, 7) is 6.48. The molecule has 0 saturated carbocycles. The predicted molar refractivity (Wildman–Crippen MR) is 88.0 cm³/mol. The second kappa shape index (κ2) is 7.13. The molecular weight excluding hydrogens is 286 g/mol. The molecule has 0 spiro atoms. The smallest absolute Gasteiger partial charge is 0.304 e. The van der Waals surface area contributed by atoms with Crippen LogP contribution in [0, 0.1) is 0 Å². The van der Waals surface area contributed by atoms with Gasteiger partial charge in [0.05, 0.1) is 11.4 Å². The first kappa shape index (κ1) is 16.1. The Labute approximate surface area is 128 Å². The largest absolute Gasteiger partial charge is 0.383 e. The zero-order chi connectivity index (χ0) is 15.3. The van der Waals surface area contributed by atoms with Crippen molar-refractivity contribution in [3.63, 3.8) is 0 Å². The average molecular weight is 311 g/mol. The minimum atomic E-state index is -3.46. The number of hydrogen-bond acceptors (Lipinski definition) is 3. The SMILES string of the molecule is CCCN(CCC)S(=O)(=O)N1CCCNc2ccccc21. The number of anilines is 2. The second-order valence-electron chi connectivity index (χ2n) is 5.28. The van der Waals surface area contributed by atoms with Gasteiger partial charge in [-0.05, 0) is 31.4 Å². The van der Waals surface area contributed by atoms with Crippen molar-refractivity contribution in [3.05, 3.63) is 24.3 Å². The number of hydrogen-bond donors (Lipinski definition) is 1. The van der Waals surface area contributed by atoms with Crippen LogP contribution in [0.1, 0.15) is 33.1 Å². The molecule has 2 rings (SSSR count). The molecule has 6 heteroatoms. The van der Waals surface area contributed by atoms with E-state index in [2.05, 4.69) is 5.32 Å². The summed E-state index contributed by atoms with van der Waals surface area (Å²) in [5, 5.41) is 3.31. The van der Waals surface area contributed by atoms with E-state index in [0.29, 0.717) is 19.6 Å². The highest BCUT2D eigenvalue weighted by molar-refractivity contribution is 7.90. The quantitative estimate of drug-likeness (QED) is 0.879. The van der Waals surface area contributed by atoms with Gasteiger partial charge in [-0.15, -0.1) is 0 Å². The van der Waals surface area contributed by atoms with Crippen molar-refractivity contribution < 1.29 is 8.42 Å². The van der Waals surface area contributed by atoms with Crippen LogP contribution >= 0.6 is 0 Å². The van der Waals surface area contributed by atoms with Crippen LogP contribution in [0.15, 0.2) is 24.3 Å². The Hall–Kier alpha value is -1.27. The van der Waals surface area contributed by atoms with Gasteiger partial charge in [-0.1, -0.05) is 26.0 Å². The third-order valence-electron chi connectivity index (χ3n) is 3.58. The Morgan fingerprint density at radius 3 is 2.52 bits per heavy atom. The summed E-state index contributed by atoms with van der Waals surface area (Å²) in [6, 6.07) is 7.63. The monoisotopic (exact) mass is 311 g/mol. The summed E-state index contributed by atoms with van der Waals surface area (Å²) in [5.74, 6) is 0. The van der Waals surface area contributed by atoms with Crippen LogP contribution in [-0.2, 0) is 10.2 Å². The highest BCUT2D eigenvalue weighted by atomic mass is 32.2. The van der Waals surface area contributed by atoms with Gasteiger partial charge < -0.3 is 5.32 Å². The lowest BCUT2D eigenvalue weighted by Crippen LogP contribution is -2.45. The van der Waals surface area contributed by atoms with Crippen molar-refractivity contribution in [1.29, 1.82) is 0 Å². The highest BCUT2D eigenvalue weighted by Gasteiger charge is 2.31. The molecule has 0 fully saturated rings. The Morgan fingerprint density at radius 1 is 1.19 bits per heavy atom. The van der Waals surface area contributed by atoms with E-state index in [1.54, 1.807) is 8.61 Å². The maximum absolute atomic E-state index is 13.0. The van der Waals surface area contributed by atoms with Crippen molar-refractivity contribution >= 4 is 21.6 Å². The van der Waals surface area contributed by atoms with E-state index < -0.39 is 10.2 Å². The predicted octanol–water partition coefficient (Wildman–Crippen LogP) is 2.68. The molecule has 118 valence electrons. The summed E-state index contributed by atoms with van der Waals surface area (Å²) in [6.07, 6.45) is 2.46. The van der Waals surface area contributed by atoms with Crippen molar-refractivity contribution in [2.24, 2.45) is 0 Å². The van der Waals surface area contributed by atoms with E-state index >= 15 is 0 Å². The van der Waals surface area contributed by atoms with Crippen LogP contribution in [-0.4, -0.2) is 38.9 Å². The van der Waals surface area contributed by atoms with Gasteiger partial charge in [-0.25, -0.2) is 0 Å². The van der Waals surface area contributed by atoms with Crippen LogP contribution in [0.4, 0.5) is 11.4 Å². The zero-order valence-corrected chi connectivity index (χ0v) is 13.7. The van der Waals surface area contributed by atoms with E-state index in [0.717, 1.165) is 37.2 Å². The minimum Gasteiger partial charge on any atom is -0.383 e. The molecule has 0 aliphatic carbocycles. The highest BCUT2D eigenvalue weighted by Crippen LogP contribution is 2.31. The first-order valence-corrected chi connectivity index (χ1v) is 9.11. The Bertz CT molecular complexity index is 554. The normalized spacial score (nSPS) is 15.5. The minimum absolute atomic E-state index is 0.524. The molecular formula is C15H25N3O2S. The number of benzene rings is 1. The third-order valence-corrected chi connectivity index (χ3v) is 5.53. The van der Waals surface area contributed by atoms with Gasteiger partial charge in [0, 0.05) is 26.2 Å². The first-order valence-electron chi connectivity index (χ1n) is 7.72. The number of rotatable bonds is 6. The molecule has 0 saturated heterocycles. The zero-order valence-electron chi connectivity index (χ0n) is 12.9. The second-order valence-corrected chi connectivity index (χ2v) is 7.13. The lowest BCUT2D eigenvalue weighted by atomic mass is 10.2. The topological polar surface area (TPSA) is 52.7 Å². The maximum atomic E-state index is 13.0. The van der Waals surface area contributed by atoms with Crippen molar-refractivity contribution in [1.82, 2.24) is 4.31 Å². The number of nitrogens with one attached hydrogen (secondary N) is 1. The summed E-state index contributed by atoms with van der Waals surface area (Å²) in [5.41, 5.74) is 1.65. The molecule has 1 aliphatic heterocycles. The molecule has 1 aromatic rings. The van der Waals surface area contributed by atoms with Crippen LogP contribution in [0.25, 0.3) is 0 Å². The van der Waals surface area contributed by atoms with Gasteiger partial charge in [0.15, 0.2) is 0 Å². The third kappa shape index (κ3) is 3.49. The van der Waals surface area contributed by atoms with E-state index in [1.807, 2.05) is 38.1 Å². The fourth-order valence-electron chi connectivity index (χ4n) is 2.63. The van der Waals surface area contributed by atoms with Crippen LogP contribution < -0.4 is 9.62 Å². The lowest BCUT2D eigenvalue weighted by molar-refractivity contribution is 0.407. The van der Waals surface area contributed by atoms with E-state index in [1.165, 1.54) is 0 Å². The van der Waals surface area contributed by atoms with Crippen molar-refractivity contribution in [2.45, 2.75) is 33.1 Å². The molecule has 5 nitrogen and oxygen atoms in total. The molecule has 0 atom stereocenters. The standard InChI is InChI=1S/C15H25N3O2S/c1-3-11-17(12-4-2)21(19,20)18-13-7-10-16-14-8-5-6-9-15(14)18/h5-6,8-9,16H,3-4,7,10-13H2,1-2H3. The lowest BCUT2D eigenvalue weighted by Gasteiger charge is -2.30. The molecule has 0 aromatic heterocycles. The van der Waals surface area contributed by atoms with Gasteiger partial charge in [0.2, 0.25) is 0 Å². The van der Waals surface area contributed by atoms with Gasteiger partial charge in [-0.2, -0.15) is 12.7 Å². The van der Waals surface area contributed by atoms with E-state index in [4.69, 9.17) is 0 Å². The van der Waals surface area contributed by atoms with Crippen LogP contribution in [0.5, 0.6) is 0 Å². The van der Waals surface area contributed by atoms with Crippen LogP contribution in [0.2, 0.25) is 0 Å². The number of fused-ring (bicyclic) bond motifs is 1. The number of nitrogens with zero attached hydrogens (tertiary/aromatic N) is 2. The summed E-state index contributed by atoms with van der Waals surface area (Å²) < 4.78 is 29.2. The molecule has 0 radical (unpaired) electrons. The molecule has 0 amide bonds. The van der Waals surface area contributed by atoms with E-state index in [-0.39, 0.29) is 0 Å². The Balaban J connectivity index is 2.38. The Morgan fingerprint density at radius 2 is 1.86 bits per heavy atom.